The van der Waals surface area contributed by atoms with E-state index in [0.717, 1.165) is 0 Å². The number of aliphatic hydroxyl groups is 1. The highest BCUT2D eigenvalue weighted by Crippen LogP contribution is 2.20. The zero-order valence-electron chi connectivity index (χ0n) is 5.09. The molecule has 1 nitrogen and oxygen atoms in total. The van der Waals surface area contributed by atoms with Crippen LogP contribution in [0.5, 0.6) is 0 Å². The summed E-state index contributed by atoms with van der Waals surface area (Å²) in [5.41, 5.74) is 0.266. The molecular weight excluding hydrogens is 199 g/mol. The van der Waals surface area contributed by atoms with E-state index in [1.807, 2.05) is 0 Å². The van der Waals surface area contributed by atoms with Gasteiger partial charge in [0.2, 0.25) is 0 Å². The zero-order valence-corrected chi connectivity index (χ0v) is 6.68. The maximum absolute atomic E-state index is 12.7. The monoisotopic (exact) mass is 204 g/mol. The third-order valence-corrected chi connectivity index (χ3v) is 1.66. The molecule has 0 fully saturated rings. The first-order valence-corrected chi connectivity index (χ1v) is 3.70. The number of hydrogen-bond donors (Lipinski definition) is 1. The molecule has 0 aliphatic carbocycles. The van der Waals surface area contributed by atoms with Crippen molar-refractivity contribution in [2.45, 2.75) is 5.01 Å². The molecule has 1 rings (SSSR count). The smallest absolute Gasteiger partial charge is 0.137 e. The molecule has 0 heterocycles. The van der Waals surface area contributed by atoms with Gasteiger partial charge in [0.05, 0.1) is 0 Å². The van der Waals surface area contributed by atoms with Gasteiger partial charge in [-0.25, -0.2) is 4.39 Å². The summed E-state index contributed by atoms with van der Waals surface area (Å²) in [4.78, 5) is 0. The Labute approximate surface area is 66.6 Å². The van der Waals surface area contributed by atoms with Gasteiger partial charge < -0.3 is 5.11 Å². The molecule has 1 atom stereocenters. The molecule has 1 aromatic rings. The SMILES string of the molecule is OC(Br)c1ccccc1F. The summed E-state index contributed by atoms with van der Waals surface area (Å²) < 4.78 is 12.7. The second-order valence-electron chi connectivity index (χ2n) is 1.86. The third kappa shape index (κ3) is 1.55. The summed E-state index contributed by atoms with van der Waals surface area (Å²) >= 11 is 2.85. The van der Waals surface area contributed by atoms with Gasteiger partial charge >= 0.3 is 0 Å². The maximum atomic E-state index is 12.7. The number of rotatable bonds is 1. The molecule has 1 unspecified atom stereocenters. The topological polar surface area (TPSA) is 20.2 Å². The lowest BCUT2D eigenvalue weighted by Crippen LogP contribution is -1.90. The Morgan fingerprint density at radius 3 is 2.40 bits per heavy atom. The summed E-state index contributed by atoms with van der Waals surface area (Å²) in [7, 11) is 0. The van der Waals surface area contributed by atoms with Crippen molar-refractivity contribution in [3.05, 3.63) is 35.6 Å². The molecule has 0 bridgehead atoms. The first-order chi connectivity index (χ1) is 4.72. The van der Waals surface area contributed by atoms with Gasteiger partial charge in [0.15, 0.2) is 0 Å². The van der Waals surface area contributed by atoms with E-state index in [4.69, 9.17) is 5.11 Å². The van der Waals surface area contributed by atoms with Gasteiger partial charge in [-0.2, -0.15) is 0 Å². The number of aliphatic hydroxyl groups excluding tert-OH is 1. The fourth-order valence-electron chi connectivity index (χ4n) is 0.668. The van der Waals surface area contributed by atoms with Crippen LogP contribution >= 0.6 is 15.9 Å². The van der Waals surface area contributed by atoms with Crippen molar-refractivity contribution in [1.82, 2.24) is 0 Å². The molecule has 0 aromatic heterocycles. The van der Waals surface area contributed by atoms with Gasteiger partial charge in [-0.05, 0) is 6.07 Å². The largest absolute Gasteiger partial charge is 0.377 e. The lowest BCUT2D eigenvalue weighted by Gasteiger charge is -2.01. The van der Waals surface area contributed by atoms with Gasteiger partial charge in [-0.1, -0.05) is 34.1 Å². The van der Waals surface area contributed by atoms with E-state index < -0.39 is 10.8 Å². The Morgan fingerprint density at radius 1 is 1.40 bits per heavy atom. The fraction of sp³-hybridized carbons (Fsp3) is 0.143. The number of benzene rings is 1. The first-order valence-electron chi connectivity index (χ1n) is 2.78. The average Bonchev–Trinajstić information content (AvgIpc) is 1.88. The minimum Gasteiger partial charge on any atom is -0.377 e. The summed E-state index contributed by atoms with van der Waals surface area (Å²) in [6, 6.07) is 6.08. The van der Waals surface area contributed by atoms with Crippen molar-refractivity contribution in [2.75, 3.05) is 0 Å². The van der Waals surface area contributed by atoms with Crippen LogP contribution in [-0.4, -0.2) is 5.11 Å². The van der Waals surface area contributed by atoms with Crippen LogP contribution in [0.1, 0.15) is 10.6 Å². The van der Waals surface area contributed by atoms with Crippen molar-refractivity contribution in [3.8, 4) is 0 Å². The Kier molecular flexibility index (Phi) is 2.40. The van der Waals surface area contributed by atoms with Crippen molar-refractivity contribution < 1.29 is 9.50 Å². The molecule has 3 heteroatoms. The van der Waals surface area contributed by atoms with Gasteiger partial charge in [-0.15, -0.1) is 0 Å². The summed E-state index contributed by atoms with van der Waals surface area (Å²) in [5, 5.41) is 7.97. The first kappa shape index (κ1) is 7.69. The molecule has 0 saturated carbocycles. The predicted molar refractivity (Wildman–Crippen MR) is 40.3 cm³/mol. The minimum absolute atomic E-state index is 0.266. The van der Waals surface area contributed by atoms with Crippen LogP contribution in [0, 0.1) is 5.82 Å². The lowest BCUT2D eigenvalue weighted by molar-refractivity contribution is 0.271. The molecule has 10 heavy (non-hydrogen) atoms. The summed E-state index contributed by atoms with van der Waals surface area (Å²) in [6.07, 6.45) is 0. The van der Waals surface area contributed by atoms with E-state index in [-0.39, 0.29) is 5.56 Å². The van der Waals surface area contributed by atoms with Gasteiger partial charge in [0.25, 0.3) is 0 Å². The zero-order chi connectivity index (χ0) is 7.56. The van der Waals surface area contributed by atoms with Crippen LogP contribution < -0.4 is 0 Å². The van der Waals surface area contributed by atoms with Crippen LogP contribution in [0.3, 0.4) is 0 Å². The van der Waals surface area contributed by atoms with Crippen molar-refractivity contribution in [2.24, 2.45) is 0 Å². The van der Waals surface area contributed by atoms with Crippen molar-refractivity contribution >= 4 is 15.9 Å². The molecule has 0 saturated heterocycles. The summed E-state index contributed by atoms with van der Waals surface area (Å²) in [5.74, 6) is -0.396. The van der Waals surface area contributed by atoms with Gasteiger partial charge in [0, 0.05) is 5.56 Å². The molecule has 0 aliphatic heterocycles. The molecule has 54 valence electrons. The van der Waals surface area contributed by atoms with Gasteiger partial charge in [-0.3, -0.25) is 0 Å². The quantitative estimate of drug-likeness (QED) is 0.696. The normalized spacial score (nSPS) is 13.1. The van der Waals surface area contributed by atoms with E-state index in [1.54, 1.807) is 12.1 Å². The Balaban J connectivity index is 3.03. The Bertz CT molecular complexity index is 225. The van der Waals surface area contributed by atoms with E-state index in [2.05, 4.69) is 15.9 Å². The molecule has 0 amide bonds. The van der Waals surface area contributed by atoms with Crippen molar-refractivity contribution in [3.63, 3.8) is 0 Å². The Morgan fingerprint density at radius 2 is 2.00 bits per heavy atom. The molecular formula is C7H6BrFO. The third-order valence-electron chi connectivity index (χ3n) is 1.16. The highest BCUT2D eigenvalue weighted by molar-refractivity contribution is 9.09. The minimum atomic E-state index is -0.909. The highest BCUT2D eigenvalue weighted by Gasteiger charge is 2.06. The Hall–Kier alpha value is -0.410. The van der Waals surface area contributed by atoms with E-state index in [1.165, 1.54) is 12.1 Å². The molecule has 0 aliphatic rings. The van der Waals surface area contributed by atoms with Gasteiger partial charge in [0.1, 0.15) is 10.8 Å². The molecule has 1 N–H and O–H groups in total. The molecule has 0 spiro atoms. The average molecular weight is 205 g/mol. The second kappa shape index (κ2) is 3.12. The van der Waals surface area contributed by atoms with E-state index in [0.29, 0.717) is 0 Å². The van der Waals surface area contributed by atoms with Crippen molar-refractivity contribution in [1.29, 1.82) is 0 Å². The standard InChI is InChI=1S/C7H6BrFO/c8-7(10)5-3-1-2-4-6(5)9/h1-4,7,10H. The maximum Gasteiger partial charge on any atom is 0.137 e. The van der Waals surface area contributed by atoms with Crippen LogP contribution in [0.15, 0.2) is 24.3 Å². The van der Waals surface area contributed by atoms with E-state index >= 15 is 0 Å². The molecule has 1 aromatic carbocycles. The number of halogens is 2. The number of hydrogen-bond acceptors (Lipinski definition) is 1. The second-order valence-corrected chi connectivity index (χ2v) is 2.72. The van der Waals surface area contributed by atoms with E-state index in [9.17, 15) is 4.39 Å². The van der Waals surface area contributed by atoms with Crippen LogP contribution in [0.2, 0.25) is 0 Å². The van der Waals surface area contributed by atoms with Crippen LogP contribution in [0.25, 0.3) is 0 Å². The lowest BCUT2D eigenvalue weighted by atomic mass is 10.2. The fourth-order valence-corrected chi connectivity index (χ4v) is 1.04. The highest BCUT2D eigenvalue weighted by atomic mass is 79.9. The predicted octanol–water partition coefficient (Wildman–Crippen LogP) is 2.21. The number of alkyl halides is 1. The van der Waals surface area contributed by atoms with Crippen LogP contribution in [-0.2, 0) is 0 Å². The molecule has 0 radical (unpaired) electrons. The van der Waals surface area contributed by atoms with Crippen LogP contribution in [0.4, 0.5) is 4.39 Å². The summed E-state index contributed by atoms with van der Waals surface area (Å²) in [6.45, 7) is 0.